The minimum absolute atomic E-state index is 0.190. The van der Waals surface area contributed by atoms with Crippen molar-refractivity contribution >= 4 is 35.9 Å². The van der Waals surface area contributed by atoms with Gasteiger partial charge in [-0.3, -0.25) is 4.57 Å². The van der Waals surface area contributed by atoms with Gasteiger partial charge >= 0.3 is 6.55 Å². The number of imidazole rings is 1. The molecule has 3 rings (SSSR count). The zero-order valence-electron chi connectivity index (χ0n) is 10.6. The van der Waals surface area contributed by atoms with Crippen LogP contribution in [-0.2, 0) is 0 Å². The molecule has 0 spiro atoms. The third kappa shape index (κ3) is 2.08. The van der Waals surface area contributed by atoms with E-state index >= 15 is 0 Å². The summed E-state index contributed by atoms with van der Waals surface area (Å²) in [6, 6.07) is 12.1. The average Bonchev–Trinajstić information content (AvgIpc) is 2.80. The summed E-state index contributed by atoms with van der Waals surface area (Å²) in [6.45, 7) is -2.67. The number of alkyl halides is 2. The summed E-state index contributed by atoms with van der Waals surface area (Å²) in [5.41, 5.74) is 2.39. The number of rotatable bonds is 2. The number of fused-ring (bicyclic) bond motifs is 1. The molecule has 6 heteroatoms. The van der Waals surface area contributed by atoms with Crippen molar-refractivity contribution in [3.8, 4) is 11.4 Å². The second-order valence-electron chi connectivity index (χ2n) is 4.56. The van der Waals surface area contributed by atoms with Crippen LogP contribution in [0, 0.1) is 0 Å². The monoisotopic (exact) mass is 290 g/mol. The van der Waals surface area contributed by atoms with Crippen LogP contribution in [0.5, 0.6) is 0 Å². The Morgan fingerprint density at radius 3 is 2.65 bits per heavy atom. The SMILES string of the molecule is Bc1ccc(Cl)c(-c2nc3ccccc3n2C(F)F)c1. The van der Waals surface area contributed by atoms with Gasteiger partial charge in [0.1, 0.15) is 13.7 Å². The van der Waals surface area contributed by atoms with Crippen molar-refractivity contribution in [3.63, 3.8) is 0 Å². The molecule has 0 atom stereocenters. The maximum atomic E-state index is 13.4. The lowest BCUT2D eigenvalue weighted by atomic mass is 9.94. The summed E-state index contributed by atoms with van der Waals surface area (Å²) >= 11 is 6.14. The van der Waals surface area contributed by atoms with Gasteiger partial charge in [-0.15, -0.1) is 0 Å². The summed E-state index contributed by atoms with van der Waals surface area (Å²) in [5, 5.41) is 0.410. The fraction of sp³-hybridized carbons (Fsp3) is 0.0714. The molecule has 1 heterocycles. The van der Waals surface area contributed by atoms with Crippen LogP contribution in [0.25, 0.3) is 22.4 Å². The minimum atomic E-state index is -2.67. The minimum Gasteiger partial charge on any atom is -0.266 e. The van der Waals surface area contributed by atoms with Crippen molar-refractivity contribution < 1.29 is 8.78 Å². The zero-order chi connectivity index (χ0) is 14.3. The smallest absolute Gasteiger partial charge is 0.266 e. The fourth-order valence-electron chi connectivity index (χ4n) is 2.24. The van der Waals surface area contributed by atoms with Crippen molar-refractivity contribution in [2.45, 2.75) is 6.55 Å². The van der Waals surface area contributed by atoms with E-state index in [-0.39, 0.29) is 5.82 Å². The normalized spacial score (nSPS) is 11.4. The number of hydrogen-bond donors (Lipinski definition) is 0. The molecule has 0 aliphatic carbocycles. The van der Waals surface area contributed by atoms with Crippen molar-refractivity contribution in [2.24, 2.45) is 0 Å². The molecule has 0 radical (unpaired) electrons. The van der Waals surface area contributed by atoms with Crippen LogP contribution in [0.2, 0.25) is 5.02 Å². The molecule has 3 aromatic rings. The summed E-state index contributed by atoms with van der Waals surface area (Å²) < 4.78 is 27.7. The summed E-state index contributed by atoms with van der Waals surface area (Å²) in [6.07, 6.45) is 0. The highest BCUT2D eigenvalue weighted by Crippen LogP contribution is 2.32. The van der Waals surface area contributed by atoms with Crippen LogP contribution in [-0.4, -0.2) is 17.4 Å². The molecule has 0 amide bonds. The third-order valence-electron chi connectivity index (χ3n) is 3.15. The lowest BCUT2D eigenvalue weighted by Crippen LogP contribution is -2.05. The lowest BCUT2D eigenvalue weighted by Gasteiger charge is -2.09. The fourth-order valence-corrected chi connectivity index (χ4v) is 2.44. The maximum Gasteiger partial charge on any atom is 0.320 e. The van der Waals surface area contributed by atoms with Gasteiger partial charge in [0.15, 0.2) is 0 Å². The first-order chi connectivity index (χ1) is 9.58. The summed E-state index contributed by atoms with van der Waals surface area (Å²) in [7, 11) is 1.88. The molecule has 0 bridgehead atoms. The Morgan fingerprint density at radius 1 is 1.15 bits per heavy atom. The Balaban J connectivity index is 2.35. The topological polar surface area (TPSA) is 17.8 Å². The van der Waals surface area contributed by atoms with Crippen LogP contribution >= 0.6 is 11.6 Å². The molecule has 0 aliphatic rings. The van der Waals surface area contributed by atoms with Crippen molar-refractivity contribution in [2.75, 3.05) is 0 Å². The van der Waals surface area contributed by atoms with Gasteiger partial charge in [-0.25, -0.2) is 4.98 Å². The first kappa shape index (κ1) is 13.1. The summed E-state index contributed by atoms with van der Waals surface area (Å²) in [4.78, 5) is 4.30. The van der Waals surface area contributed by atoms with Gasteiger partial charge < -0.3 is 0 Å². The maximum absolute atomic E-state index is 13.4. The van der Waals surface area contributed by atoms with Gasteiger partial charge in [-0.2, -0.15) is 8.78 Å². The van der Waals surface area contributed by atoms with Gasteiger partial charge in [-0.05, 0) is 18.2 Å². The van der Waals surface area contributed by atoms with Crippen molar-refractivity contribution in [3.05, 3.63) is 47.5 Å². The molecular weight excluding hydrogens is 280 g/mol. The van der Waals surface area contributed by atoms with E-state index in [2.05, 4.69) is 4.98 Å². The zero-order valence-corrected chi connectivity index (χ0v) is 11.4. The van der Waals surface area contributed by atoms with Gasteiger partial charge in [0, 0.05) is 5.56 Å². The molecule has 0 unspecified atom stereocenters. The molecule has 0 saturated carbocycles. The highest BCUT2D eigenvalue weighted by molar-refractivity contribution is 6.36. The second-order valence-corrected chi connectivity index (χ2v) is 4.96. The Bertz CT molecular complexity index is 786. The predicted octanol–water partition coefficient (Wildman–Crippen LogP) is 3.01. The van der Waals surface area contributed by atoms with Crippen molar-refractivity contribution in [1.82, 2.24) is 9.55 Å². The lowest BCUT2D eigenvalue weighted by molar-refractivity contribution is 0.0764. The van der Waals surface area contributed by atoms with E-state index in [9.17, 15) is 8.78 Å². The molecule has 0 N–H and O–H groups in total. The van der Waals surface area contributed by atoms with Gasteiger partial charge in [0.25, 0.3) is 0 Å². The van der Waals surface area contributed by atoms with E-state index < -0.39 is 6.55 Å². The van der Waals surface area contributed by atoms with E-state index in [1.54, 1.807) is 36.4 Å². The van der Waals surface area contributed by atoms with E-state index in [1.807, 2.05) is 13.9 Å². The first-order valence-corrected chi connectivity index (χ1v) is 6.47. The summed E-state index contributed by atoms with van der Waals surface area (Å²) in [5.74, 6) is 0.190. The Morgan fingerprint density at radius 2 is 1.90 bits per heavy atom. The number of para-hydroxylation sites is 2. The molecule has 1 aromatic heterocycles. The Labute approximate surface area is 120 Å². The van der Waals surface area contributed by atoms with E-state index in [4.69, 9.17) is 11.6 Å². The molecule has 0 fully saturated rings. The molecular formula is C14H10BClF2N2. The first-order valence-electron chi connectivity index (χ1n) is 6.09. The average molecular weight is 291 g/mol. The molecule has 2 nitrogen and oxygen atoms in total. The van der Waals surface area contributed by atoms with Crippen LogP contribution < -0.4 is 5.46 Å². The quantitative estimate of drug-likeness (QED) is 0.663. The van der Waals surface area contributed by atoms with E-state index in [1.165, 1.54) is 0 Å². The van der Waals surface area contributed by atoms with Gasteiger partial charge in [-0.1, -0.05) is 41.3 Å². The molecule has 0 aliphatic heterocycles. The Kier molecular flexibility index (Phi) is 3.22. The molecule has 100 valence electrons. The van der Waals surface area contributed by atoms with E-state index in [0.29, 0.717) is 21.6 Å². The molecule has 20 heavy (non-hydrogen) atoms. The van der Waals surface area contributed by atoms with Crippen LogP contribution in [0.1, 0.15) is 6.55 Å². The number of aromatic nitrogens is 2. The van der Waals surface area contributed by atoms with E-state index in [0.717, 1.165) is 10.0 Å². The van der Waals surface area contributed by atoms with Crippen LogP contribution in [0.4, 0.5) is 8.78 Å². The van der Waals surface area contributed by atoms with Crippen LogP contribution in [0.3, 0.4) is 0 Å². The van der Waals surface area contributed by atoms with Crippen LogP contribution in [0.15, 0.2) is 42.5 Å². The molecule has 2 aromatic carbocycles. The Hall–Kier alpha value is -1.88. The number of nitrogens with zero attached hydrogens (tertiary/aromatic N) is 2. The number of benzene rings is 2. The highest BCUT2D eigenvalue weighted by Gasteiger charge is 2.20. The number of halogens is 3. The second kappa shape index (κ2) is 4.91. The standard InChI is InChI=1S/C14H10BClF2N2/c15-8-5-6-10(16)9(7-8)13-19-11-3-1-2-4-12(11)20(13)14(17)18/h1-7,14H,15H2. The predicted molar refractivity (Wildman–Crippen MR) is 79.6 cm³/mol. The van der Waals surface area contributed by atoms with Crippen molar-refractivity contribution in [1.29, 1.82) is 0 Å². The van der Waals surface area contributed by atoms with Gasteiger partial charge in [0.05, 0.1) is 16.1 Å². The van der Waals surface area contributed by atoms with Gasteiger partial charge in [0.2, 0.25) is 0 Å². The highest BCUT2D eigenvalue weighted by atomic mass is 35.5. The number of hydrogen-bond acceptors (Lipinski definition) is 1. The third-order valence-corrected chi connectivity index (χ3v) is 3.48. The largest absolute Gasteiger partial charge is 0.320 e. The molecule has 0 saturated heterocycles.